The molecule has 114 valence electrons. The third kappa shape index (κ3) is 4.70. The zero-order valence-electron chi connectivity index (χ0n) is 12.5. The van der Waals surface area contributed by atoms with Crippen LogP contribution in [0.5, 0.6) is 0 Å². The molecule has 0 spiro atoms. The Morgan fingerprint density at radius 2 is 1.77 bits per heavy atom. The molecule has 0 aliphatic heterocycles. The van der Waals surface area contributed by atoms with Gasteiger partial charge in [0.1, 0.15) is 0 Å². The van der Waals surface area contributed by atoms with Gasteiger partial charge in [-0.15, -0.1) is 0 Å². The molecule has 1 aromatic carbocycles. The fraction of sp³-hybridized carbons (Fsp3) is 0.235. The van der Waals surface area contributed by atoms with Crippen LogP contribution in [0.2, 0.25) is 0 Å². The first-order valence-corrected chi connectivity index (χ1v) is 7.19. The summed E-state index contributed by atoms with van der Waals surface area (Å²) in [7, 11) is 0. The van der Waals surface area contributed by atoms with Gasteiger partial charge in [0.25, 0.3) is 5.91 Å². The molecule has 1 unspecified atom stereocenters. The Labute approximate surface area is 129 Å². The number of nitrogens with one attached hydrogen (secondary N) is 2. The van der Waals surface area contributed by atoms with Gasteiger partial charge in [-0.2, -0.15) is 0 Å². The highest BCUT2D eigenvalue weighted by molar-refractivity contribution is 5.94. The molecular formula is C17H19N3O2. The Kier molecular flexibility index (Phi) is 5.65. The van der Waals surface area contributed by atoms with Gasteiger partial charge in [-0.05, 0) is 24.6 Å². The molecule has 0 aliphatic carbocycles. The third-order valence-corrected chi connectivity index (χ3v) is 3.26. The average Bonchev–Trinajstić information content (AvgIpc) is 2.56. The van der Waals surface area contributed by atoms with Crippen LogP contribution in [0.3, 0.4) is 0 Å². The van der Waals surface area contributed by atoms with Crippen LogP contribution in [0.4, 0.5) is 0 Å². The van der Waals surface area contributed by atoms with Crippen LogP contribution in [0.15, 0.2) is 54.9 Å². The summed E-state index contributed by atoms with van der Waals surface area (Å²) in [6.45, 7) is 2.23. The lowest BCUT2D eigenvalue weighted by Gasteiger charge is -2.14. The summed E-state index contributed by atoms with van der Waals surface area (Å²) < 4.78 is 0. The maximum absolute atomic E-state index is 11.9. The number of amides is 2. The third-order valence-electron chi connectivity index (χ3n) is 3.26. The molecule has 0 radical (unpaired) electrons. The minimum Gasteiger partial charge on any atom is -0.352 e. The van der Waals surface area contributed by atoms with Gasteiger partial charge in [-0.3, -0.25) is 14.6 Å². The van der Waals surface area contributed by atoms with Crippen molar-refractivity contribution < 1.29 is 9.59 Å². The summed E-state index contributed by atoms with van der Waals surface area (Å²) in [6, 6.07) is 13.0. The number of hydrogen-bond acceptors (Lipinski definition) is 3. The Morgan fingerprint density at radius 1 is 1.09 bits per heavy atom. The predicted octanol–water partition coefficient (Wildman–Crippen LogP) is 2.08. The second-order valence-corrected chi connectivity index (χ2v) is 4.94. The first-order valence-electron chi connectivity index (χ1n) is 7.19. The van der Waals surface area contributed by atoms with Gasteiger partial charge in [0.2, 0.25) is 5.91 Å². The fourth-order valence-corrected chi connectivity index (χ4v) is 2.03. The highest BCUT2D eigenvalue weighted by Gasteiger charge is 2.10. The number of carbonyl (C=O) groups is 2. The minimum absolute atomic E-state index is 0.0513. The maximum Gasteiger partial charge on any atom is 0.251 e. The maximum atomic E-state index is 11.9. The average molecular weight is 297 g/mol. The summed E-state index contributed by atoms with van der Waals surface area (Å²) in [4.78, 5) is 27.5. The molecule has 22 heavy (non-hydrogen) atoms. The van der Waals surface area contributed by atoms with Crippen molar-refractivity contribution in [2.75, 3.05) is 6.54 Å². The number of carbonyl (C=O) groups excluding carboxylic acids is 2. The van der Waals surface area contributed by atoms with E-state index in [1.54, 1.807) is 24.5 Å². The number of nitrogens with zero attached hydrogens (tertiary/aromatic N) is 1. The molecule has 0 fully saturated rings. The molecule has 2 rings (SSSR count). The van der Waals surface area contributed by atoms with Crippen LogP contribution in [-0.2, 0) is 4.79 Å². The lowest BCUT2D eigenvalue weighted by Crippen LogP contribution is -2.32. The second kappa shape index (κ2) is 7.93. The van der Waals surface area contributed by atoms with Crippen molar-refractivity contribution in [1.82, 2.24) is 15.6 Å². The minimum atomic E-state index is -0.202. The number of pyridine rings is 1. The molecule has 2 amide bonds. The predicted molar refractivity (Wildman–Crippen MR) is 84.2 cm³/mol. The SMILES string of the molecule is CC(NC(=O)CCNC(=O)c1ccncc1)c1ccccc1. The molecule has 1 heterocycles. The highest BCUT2D eigenvalue weighted by atomic mass is 16.2. The lowest BCUT2D eigenvalue weighted by atomic mass is 10.1. The lowest BCUT2D eigenvalue weighted by molar-refractivity contribution is -0.121. The Hall–Kier alpha value is -2.69. The molecule has 0 saturated carbocycles. The fourth-order valence-electron chi connectivity index (χ4n) is 2.03. The topological polar surface area (TPSA) is 71.1 Å². The smallest absolute Gasteiger partial charge is 0.251 e. The van der Waals surface area contributed by atoms with E-state index in [1.807, 2.05) is 37.3 Å². The second-order valence-electron chi connectivity index (χ2n) is 4.94. The first-order chi connectivity index (χ1) is 10.7. The molecule has 1 atom stereocenters. The van der Waals surface area contributed by atoms with Crippen molar-refractivity contribution in [2.24, 2.45) is 0 Å². The molecule has 5 nitrogen and oxygen atoms in total. The van der Waals surface area contributed by atoms with Crippen LogP contribution in [0.1, 0.15) is 35.3 Å². The molecular weight excluding hydrogens is 278 g/mol. The van der Waals surface area contributed by atoms with Gasteiger partial charge >= 0.3 is 0 Å². The van der Waals surface area contributed by atoms with E-state index in [0.29, 0.717) is 12.1 Å². The summed E-state index contributed by atoms with van der Waals surface area (Å²) >= 11 is 0. The summed E-state index contributed by atoms with van der Waals surface area (Å²) in [5.74, 6) is -0.294. The monoisotopic (exact) mass is 297 g/mol. The number of hydrogen-bond donors (Lipinski definition) is 2. The summed E-state index contributed by atoms with van der Waals surface area (Å²) in [6.07, 6.45) is 3.36. The molecule has 5 heteroatoms. The van der Waals surface area contributed by atoms with E-state index in [2.05, 4.69) is 15.6 Å². The van der Waals surface area contributed by atoms with E-state index in [0.717, 1.165) is 5.56 Å². The molecule has 2 aromatic rings. The highest BCUT2D eigenvalue weighted by Crippen LogP contribution is 2.10. The van der Waals surface area contributed by atoms with Crippen molar-refractivity contribution >= 4 is 11.8 Å². The first kappa shape index (κ1) is 15.7. The summed E-state index contributed by atoms with van der Waals surface area (Å²) in [5.41, 5.74) is 1.59. The van der Waals surface area contributed by atoms with E-state index in [1.165, 1.54) is 0 Å². The van der Waals surface area contributed by atoms with Gasteiger partial charge in [-0.1, -0.05) is 30.3 Å². The van der Waals surface area contributed by atoms with Crippen molar-refractivity contribution in [3.8, 4) is 0 Å². The largest absolute Gasteiger partial charge is 0.352 e. The van der Waals surface area contributed by atoms with Crippen LogP contribution in [0, 0.1) is 0 Å². The number of rotatable bonds is 6. The van der Waals surface area contributed by atoms with Gasteiger partial charge in [0, 0.05) is 30.9 Å². The van der Waals surface area contributed by atoms with Crippen LogP contribution in [-0.4, -0.2) is 23.3 Å². The normalized spacial score (nSPS) is 11.5. The van der Waals surface area contributed by atoms with Gasteiger partial charge in [-0.25, -0.2) is 0 Å². The van der Waals surface area contributed by atoms with Gasteiger partial charge < -0.3 is 10.6 Å². The van der Waals surface area contributed by atoms with E-state index in [9.17, 15) is 9.59 Å². The van der Waals surface area contributed by atoms with Gasteiger partial charge in [0.05, 0.1) is 6.04 Å². The zero-order chi connectivity index (χ0) is 15.8. The Morgan fingerprint density at radius 3 is 2.45 bits per heavy atom. The zero-order valence-corrected chi connectivity index (χ0v) is 12.5. The van der Waals surface area contributed by atoms with Crippen molar-refractivity contribution in [3.05, 3.63) is 66.0 Å². The molecule has 0 bridgehead atoms. The van der Waals surface area contributed by atoms with Crippen LogP contribution >= 0.6 is 0 Å². The Bertz CT molecular complexity index is 614. The molecule has 1 aromatic heterocycles. The van der Waals surface area contributed by atoms with E-state index < -0.39 is 0 Å². The van der Waals surface area contributed by atoms with Gasteiger partial charge in [0.15, 0.2) is 0 Å². The standard InChI is InChI=1S/C17H19N3O2/c1-13(14-5-3-2-4-6-14)20-16(21)9-12-19-17(22)15-7-10-18-11-8-15/h2-8,10-11,13H,9,12H2,1H3,(H,19,22)(H,20,21). The number of benzene rings is 1. The van der Waals surface area contributed by atoms with E-state index in [-0.39, 0.29) is 24.3 Å². The van der Waals surface area contributed by atoms with Crippen molar-refractivity contribution in [1.29, 1.82) is 0 Å². The molecule has 0 saturated heterocycles. The van der Waals surface area contributed by atoms with E-state index in [4.69, 9.17) is 0 Å². The van der Waals surface area contributed by atoms with E-state index >= 15 is 0 Å². The number of aromatic nitrogens is 1. The quantitative estimate of drug-likeness (QED) is 0.857. The molecule has 2 N–H and O–H groups in total. The van der Waals surface area contributed by atoms with Crippen molar-refractivity contribution in [2.45, 2.75) is 19.4 Å². The van der Waals surface area contributed by atoms with Crippen molar-refractivity contribution in [3.63, 3.8) is 0 Å². The Balaban J connectivity index is 1.73. The summed E-state index contributed by atoms with van der Waals surface area (Å²) in [5, 5.41) is 5.62. The van der Waals surface area contributed by atoms with Crippen LogP contribution < -0.4 is 10.6 Å². The van der Waals surface area contributed by atoms with Crippen LogP contribution in [0.25, 0.3) is 0 Å². The molecule has 0 aliphatic rings.